The molecule has 1 unspecified atom stereocenters. The van der Waals surface area contributed by atoms with Gasteiger partial charge in [-0.15, -0.1) is 17.9 Å². The summed E-state index contributed by atoms with van der Waals surface area (Å²) in [5.74, 6) is 0.00215. The van der Waals surface area contributed by atoms with Gasteiger partial charge >= 0.3 is 0 Å². The van der Waals surface area contributed by atoms with Crippen LogP contribution in [-0.2, 0) is 6.54 Å². The number of hydrogen-bond acceptors (Lipinski definition) is 5. The first kappa shape index (κ1) is 18.1. The smallest absolute Gasteiger partial charge is 0.272 e. The van der Waals surface area contributed by atoms with Crippen molar-refractivity contribution in [1.82, 2.24) is 9.55 Å². The van der Waals surface area contributed by atoms with Crippen LogP contribution in [0.2, 0.25) is 0 Å². The number of thioether (sulfide) groups is 1. The molecule has 25 heavy (non-hydrogen) atoms. The highest BCUT2D eigenvalue weighted by Crippen LogP contribution is 2.26. The molecule has 0 saturated heterocycles. The Kier molecular flexibility index (Phi) is 5.56. The third kappa shape index (κ3) is 3.78. The minimum absolute atomic E-state index is 0.00215. The highest BCUT2D eigenvalue weighted by Gasteiger charge is 2.20. The summed E-state index contributed by atoms with van der Waals surface area (Å²) in [6, 6.07) is 9.08. The Morgan fingerprint density at radius 3 is 2.80 bits per heavy atom. The third-order valence-electron chi connectivity index (χ3n) is 3.62. The molecule has 1 aromatic carbocycles. The normalized spacial score (nSPS) is 12.2. The van der Waals surface area contributed by atoms with Crippen molar-refractivity contribution in [3.05, 3.63) is 68.8 Å². The van der Waals surface area contributed by atoms with Gasteiger partial charge in [0.15, 0.2) is 10.9 Å². The summed E-state index contributed by atoms with van der Waals surface area (Å²) < 4.78 is 3.12. The second-order valence-electron chi connectivity index (χ2n) is 5.36. The van der Waals surface area contributed by atoms with E-state index >= 15 is 0 Å². The van der Waals surface area contributed by atoms with Gasteiger partial charge in [-0.1, -0.05) is 45.9 Å². The van der Waals surface area contributed by atoms with E-state index in [-0.39, 0.29) is 16.6 Å². The van der Waals surface area contributed by atoms with E-state index in [4.69, 9.17) is 0 Å². The molecule has 3 aromatic rings. The van der Waals surface area contributed by atoms with Crippen molar-refractivity contribution in [1.29, 1.82) is 0 Å². The topological polar surface area (TPSA) is 52.0 Å². The monoisotopic (exact) mass is 434 g/mol. The average molecular weight is 435 g/mol. The van der Waals surface area contributed by atoms with Gasteiger partial charge in [-0.25, -0.2) is 4.98 Å². The molecule has 0 amide bonds. The van der Waals surface area contributed by atoms with Gasteiger partial charge < -0.3 is 0 Å². The second kappa shape index (κ2) is 7.68. The molecule has 0 aliphatic carbocycles. The molecule has 1 atom stereocenters. The molecule has 0 bridgehead atoms. The summed E-state index contributed by atoms with van der Waals surface area (Å²) in [4.78, 5) is 29.9. The predicted molar refractivity (Wildman–Crippen MR) is 108 cm³/mol. The Bertz CT molecular complexity index is 992. The lowest BCUT2D eigenvalue weighted by molar-refractivity contribution is 0.0994. The Balaban J connectivity index is 1.94. The number of allylic oxidation sites excluding steroid dienone is 1. The van der Waals surface area contributed by atoms with Crippen molar-refractivity contribution in [3.63, 3.8) is 0 Å². The molecule has 0 radical (unpaired) electrons. The number of hydrogen-bond donors (Lipinski definition) is 0. The molecule has 128 valence electrons. The van der Waals surface area contributed by atoms with E-state index in [1.54, 1.807) is 22.8 Å². The van der Waals surface area contributed by atoms with Crippen molar-refractivity contribution in [2.24, 2.45) is 0 Å². The van der Waals surface area contributed by atoms with Crippen LogP contribution in [0, 0.1) is 0 Å². The average Bonchev–Trinajstić information content (AvgIpc) is 3.07. The molecule has 0 N–H and O–H groups in total. The van der Waals surface area contributed by atoms with Gasteiger partial charge in [0, 0.05) is 16.6 Å². The Morgan fingerprint density at radius 1 is 1.40 bits per heavy atom. The number of benzene rings is 1. The molecule has 0 spiro atoms. The maximum atomic E-state index is 12.7. The van der Waals surface area contributed by atoms with Gasteiger partial charge in [0.1, 0.15) is 4.70 Å². The highest BCUT2D eigenvalue weighted by molar-refractivity contribution is 9.10. The minimum Gasteiger partial charge on any atom is -0.293 e. The molecule has 0 aliphatic heterocycles. The van der Waals surface area contributed by atoms with Crippen LogP contribution in [0.3, 0.4) is 0 Å². The van der Waals surface area contributed by atoms with E-state index in [1.807, 2.05) is 30.5 Å². The summed E-state index contributed by atoms with van der Waals surface area (Å²) in [5.41, 5.74) is 1.21. The van der Waals surface area contributed by atoms with Gasteiger partial charge in [0.2, 0.25) is 0 Å². The van der Waals surface area contributed by atoms with Gasteiger partial charge in [0.05, 0.1) is 10.8 Å². The fourth-order valence-corrected chi connectivity index (χ4v) is 4.40. The van der Waals surface area contributed by atoms with Gasteiger partial charge in [-0.05, 0) is 30.5 Å². The van der Waals surface area contributed by atoms with Crippen LogP contribution in [0.5, 0.6) is 0 Å². The fourth-order valence-electron chi connectivity index (χ4n) is 2.36. The lowest BCUT2D eigenvalue weighted by Gasteiger charge is -2.14. The van der Waals surface area contributed by atoms with Crippen LogP contribution in [0.1, 0.15) is 17.3 Å². The molecule has 3 rings (SSSR count). The molecule has 2 heterocycles. The maximum Gasteiger partial charge on any atom is 0.272 e. The van der Waals surface area contributed by atoms with E-state index in [2.05, 4.69) is 27.5 Å². The second-order valence-corrected chi connectivity index (χ2v) is 8.50. The third-order valence-corrected chi connectivity index (χ3v) is 6.13. The standard InChI is InChI=1S/C18H15BrN2O2S2/c1-3-9-21-17(23)16-14(8-10-24-16)20-18(21)25-11(2)15(22)12-4-6-13(19)7-5-12/h3-8,10-11H,1,9H2,2H3. The first-order valence-corrected chi connectivity index (χ1v) is 10.1. The quantitative estimate of drug-likeness (QED) is 0.242. The number of carbonyl (C=O) groups excluding carboxylic acids is 1. The van der Waals surface area contributed by atoms with Crippen molar-refractivity contribution < 1.29 is 4.79 Å². The van der Waals surface area contributed by atoms with Crippen molar-refractivity contribution in [2.75, 3.05) is 0 Å². The number of fused-ring (bicyclic) bond motifs is 1. The molecule has 0 aliphatic rings. The summed E-state index contributed by atoms with van der Waals surface area (Å²) in [7, 11) is 0. The molecular formula is C18H15BrN2O2S2. The summed E-state index contributed by atoms with van der Waals surface area (Å²) >= 11 is 6.04. The molecular weight excluding hydrogens is 420 g/mol. The first-order chi connectivity index (χ1) is 12.0. The fraction of sp³-hybridized carbons (Fsp3) is 0.167. The van der Waals surface area contributed by atoms with Crippen molar-refractivity contribution in [2.45, 2.75) is 23.9 Å². The summed E-state index contributed by atoms with van der Waals surface area (Å²) in [6.45, 7) is 5.90. The zero-order valence-corrected chi connectivity index (χ0v) is 16.7. The van der Waals surface area contributed by atoms with Crippen LogP contribution < -0.4 is 5.56 Å². The van der Waals surface area contributed by atoms with Crippen LogP contribution in [0.25, 0.3) is 10.2 Å². The Morgan fingerprint density at radius 2 is 2.12 bits per heavy atom. The summed E-state index contributed by atoms with van der Waals surface area (Å²) in [6.07, 6.45) is 1.66. The van der Waals surface area contributed by atoms with E-state index in [0.717, 1.165) is 4.47 Å². The van der Waals surface area contributed by atoms with Crippen LogP contribution in [-0.4, -0.2) is 20.6 Å². The lowest BCUT2D eigenvalue weighted by Crippen LogP contribution is -2.24. The number of halogens is 1. The number of thiophene rings is 1. The predicted octanol–water partition coefficient (Wildman–Crippen LogP) is 4.77. The van der Waals surface area contributed by atoms with Crippen molar-refractivity contribution in [3.8, 4) is 0 Å². The Labute approximate surface area is 161 Å². The van der Waals surface area contributed by atoms with Crippen LogP contribution in [0.4, 0.5) is 0 Å². The van der Waals surface area contributed by atoms with Crippen LogP contribution >= 0.6 is 39.0 Å². The first-order valence-electron chi connectivity index (χ1n) is 7.56. The number of carbonyl (C=O) groups is 1. The maximum absolute atomic E-state index is 12.7. The largest absolute Gasteiger partial charge is 0.293 e. The molecule has 0 fully saturated rings. The van der Waals surface area contributed by atoms with E-state index in [9.17, 15) is 9.59 Å². The van der Waals surface area contributed by atoms with Crippen molar-refractivity contribution >= 4 is 55.0 Å². The lowest BCUT2D eigenvalue weighted by atomic mass is 10.1. The van der Waals surface area contributed by atoms with E-state index in [0.29, 0.717) is 27.5 Å². The molecule has 4 nitrogen and oxygen atoms in total. The van der Waals surface area contributed by atoms with Gasteiger partial charge in [-0.2, -0.15) is 0 Å². The van der Waals surface area contributed by atoms with E-state index in [1.165, 1.54) is 23.1 Å². The zero-order chi connectivity index (χ0) is 18.0. The number of nitrogens with zero attached hydrogens (tertiary/aromatic N) is 2. The van der Waals surface area contributed by atoms with Crippen LogP contribution in [0.15, 0.2) is 62.8 Å². The number of ketones is 1. The summed E-state index contributed by atoms with van der Waals surface area (Å²) in [5, 5.41) is 2.02. The SMILES string of the molecule is C=CCn1c(SC(C)C(=O)c2ccc(Br)cc2)nc2ccsc2c1=O. The Hall–Kier alpha value is -1.70. The van der Waals surface area contributed by atoms with Gasteiger partial charge in [0.25, 0.3) is 5.56 Å². The highest BCUT2D eigenvalue weighted by atomic mass is 79.9. The van der Waals surface area contributed by atoms with Gasteiger partial charge in [-0.3, -0.25) is 14.2 Å². The number of aromatic nitrogens is 2. The minimum atomic E-state index is -0.361. The zero-order valence-electron chi connectivity index (χ0n) is 13.4. The number of rotatable bonds is 6. The molecule has 7 heteroatoms. The molecule has 2 aromatic heterocycles. The van der Waals surface area contributed by atoms with E-state index < -0.39 is 0 Å². The number of Topliss-reactive ketones (excluding diaryl/α,β-unsaturated/α-hetero) is 1. The molecule has 0 saturated carbocycles.